The van der Waals surface area contributed by atoms with E-state index in [2.05, 4.69) is 19.1 Å². The number of aliphatic hydroxyl groups excluding tert-OH is 2. The molecular weight excluding hydrogens is 340 g/mol. The molecule has 7 atom stereocenters. The van der Waals surface area contributed by atoms with Crippen molar-refractivity contribution in [2.24, 2.45) is 29.6 Å². The monoisotopic (exact) mass is 376 g/mol. The highest BCUT2D eigenvalue weighted by Gasteiger charge is 2.45. The van der Waals surface area contributed by atoms with E-state index < -0.39 is 5.97 Å². The van der Waals surface area contributed by atoms with E-state index in [1.165, 1.54) is 18.4 Å². The molecule has 0 aliphatic heterocycles. The van der Waals surface area contributed by atoms with Crippen molar-refractivity contribution in [3.63, 3.8) is 0 Å². The highest BCUT2D eigenvalue weighted by atomic mass is 16.4. The predicted molar refractivity (Wildman–Crippen MR) is 106 cm³/mol. The van der Waals surface area contributed by atoms with Crippen LogP contribution in [0.2, 0.25) is 0 Å². The van der Waals surface area contributed by atoms with Crippen molar-refractivity contribution >= 4 is 5.97 Å². The number of carbonyl (C=O) groups is 1. The van der Waals surface area contributed by atoms with E-state index in [4.69, 9.17) is 5.11 Å². The first-order chi connectivity index (χ1) is 13.0. The Morgan fingerprint density at radius 2 is 2.07 bits per heavy atom. The van der Waals surface area contributed by atoms with Gasteiger partial charge in [-0.2, -0.15) is 0 Å². The number of fused-ring (bicyclic) bond motifs is 1. The standard InChI is InChI=1S/C23H36O4/c1-2-15-7-8-17(11-15)21(24)10-9-19-20-13-16(5-3-4-6-23(26)27)12-18(20)14-22(19)25/h5,9-10,15,17-22,24-25H,2-4,6-8,11-14H2,1H3,(H,26,27)/b10-9+,16-5+/t15?,17?,18-,19-,20+,21+,22-/m1/s1. The van der Waals surface area contributed by atoms with E-state index in [9.17, 15) is 15.0 Å². The Morgan fingerprint density at radius 3 is 2.78 bits per heavy atom. The van der Waals surface area contributed by atoms with Gasteiger partial charge in [0.1, 0.15) is 0 Å². The molecular formula is C23H36O4. The molecule has 4 heteroatoms. The van der Waals surface area contributed by atoms with Gasteiger partial charge in [-0.3, -0.25) is 4.79 Å². The molecule has 3 saturated carbocycles. The Morgan fingerprint density at radius 1 is 1.26 bits per heavy atom. The molecule has 27 heavy (non-hydrogen) atoms. The smallest absolute Gasteiger partial charge is 0.303 e. The second-order valence-corrected chi connectivity index (χ2v) is 9.08. The van der Waals surface area contributed by atoms with Crippen molar-refractivity contribution < 1.29 is 20.1 Å². The Bertz CT molecular complexity index is 567. The van der Waals surface area contributed by atoms with Gasteiger partial charge in [-0.15, -0.1) is 0 Å². The second-order valence-electron chi connectivity index (χ2n) is 9.08. The van der Waals surface area contributed by atoms with Crippen molar-refractivity contribution in [2.75, 3.05) is 0 Å². The van der Waals surface area contributed by atoms with E-state index in [0.717, 1.165) is 44.4 Å². The second kappa shape index (κ2) is 9.38. The molecule has 3 N–H and O–H groups in total. The van der Waals surface area contributed by atoms with Gasteiger partial charge >= 0.3 is 5.97 Å². The normalized spacial score (nSPS) is 38.7. The topological polar surface area (TPSA) is 77.8 Å². The summed E-state index contributed by atoms with van der Waals surface area (Å²) >= 11 is 0. The molecule has 0 heterocycles. The molecule has 4 nitrogen and oxygen atoms in total. The Kier molecular flexibility index (Phi) is 7.16. The number of unbranched alkanes of at least 4 members (excludes halogenated alkanes) is 1. The van der Waals surface area contributed by atoms with Gasteiger partial charge in [0.05, 0.1) is 12.2 Å². The van der Waals surface area contributed by atoms with Crippen molar-refractivity contribution in [2.45, 2.75) is 83.3 Å². The molecule has 0 spiro atoms. The van der Waals surface area contributed by atoms with Crippen molar-refractivity contribution in [3.8, 4) is 0 Å². The molecule has 2 unspecified atom stereocenters. The number of hydrogen-bond acceptors (Lipinski definition) is 3. The minimum atomic E-state index is -0.726. The molecule has 3 fully saturated rings. The predicted octanol–water partition coefficient (Wildman–Crippen LogP) is 4.32. The lowest BCUT2D eigenvalue weighted by molar-refractivity contribution is -0.137. The highest BCUT2D eigenvalue weighted by molar-refractivity contribution is 5.66. The van der Waals surface area contributed by atoms with Crippen molar-refractivity contribution in [1.82, 2.24) is 0 Å². The van der Waals surface area contributed by atoms with Gasteiger partial charge in [-0.1, -0.05) is 43.6 Å². The van der Waals surface area contributed by atoms with Crippen LogP contribution in [-0.4, -0.2) is 33.5 Å². The molecule has 3 aliphatic rings. The fourth-order valence-corrected chi connectivity index (χ4v) is 5.69. The molecule has 0 amide bonds. The first-order valence-corrected chi connectivity index (χ1v) is 10.9. The van der Waals surface area contributed by atoms with E-state index in [1.807, 2.05) is 6.08 Å². The third-order valence-electron chi connectivity index (χ3n) is 7.31. The molecule has 0 aromatic heterocycles. The first-order valence-electron chi connectivity index (χ1n) is 10.9. The summed E-state index contributed by atoms with van der Waals surface area (Å²) in [5, 5.41) is 29.8. The van der Waals surface area contributed by atoms with E-state index >= 15 is 0 Å². The minimum Gasteiger partial charge on any atom is -0.481 e. The van der Waals surface area contributed by atoms with E-state index in [1.54, 1.807) is 0 Å². The van der Waals surface area contributed by atoms with Gasteiger partial charge < -0.3 is 15.3 Å². The lowest BCUT2D eigenvalue weighted by Crippen LogP contribution is -2.19. The average molecular weight is 377 g/mol. The Labute approximate surface area is 163 Å². The maximum absolute atomic E-state index is 10.6. The third-order valence-corrected chi connectivity index (χ3v) is 7.31. The number of hydrogen-bond donors (Lipinski definition) is 3. The third kappa shape index (κ3) is 5.23. The molecule has 3 aliphatic carbocycles. The van der Waals surface area contributed by atoms with Gasteiger partial charge in [0.15, 0.2) is 0 Å². The summed E-state index contributed by atoms with van der Waals surface area (Å²) in [5.74, 6) is 1.58. The van der Waals surface area contributed by atoms with Crippen LogP contribution in [0, 0.1) is 29.6 Å². The molecule has 0 radical (unpaired) electrons. The number of carboxylic acids is 1. The largest absolute Gasteiger partial charge is 0.481 e. The van der Waals surface area contributed by atoms with Crippen LogP contribution in [0.25, 0.3) is 0 Å². The fourth-order valence-electron chi connectivity index (χ4n) is 5.69. The summed E-state index contributed by atoms with van der Waals surface area (Å²) in [6.07, 6.45) is 15.0. The van der Waals surface area contributed by atoms with Crippen molar-refractivity contribution in [1.29, 1.82) is 0 Å². The summed E-state index contributed by atoms with van der Waals surface area (Å²) in [5.41, 5.74) is 1.43. The first kappa shape index (κ1) is 20.6. The zero-order valence-corrected chi connectivity index (χ0v) is 16.6. The SMILES string of the molecule is CCC1CCC([C@@H](O)/C=C/[C@@H]2[C@H]3C/C(=C/CCCC(=O)O)C[C@@H]3C[C@H]2O)C1. The zero-order chi connectivity index (χ0) is 19.4. The lowest BCUT2D eigenvalue weighted by atomic mass is 9.89. The van der Waals surface area contributed by atoms with E-state index in [0.29, 0.717) is 24.2 Å². The van der Waals surface area contributed by atoms with Crippen molar-refractivity contribution in [3.05, 3.63) is 23.8 Å². The van der Waals surface area contributed by atoms with Crippen LogP contribution in [0.4, 0.5) is 0 Å². The maximum Gasteiger partial charge on any atom is 0.303 e. The fraction of sp³-hybridized carbons (Fsp3) is 0.783. The summed E-state index contributed by atoms with van der Waals surface area (Å²) in [6, 6.07) is 0. The average Bonchev–Trinajstić information content (AvgIpc) is 3.31. The van der Waals surface area contributed by atoms with Gasteiger partial charge in [0.25, 0.3) is 0 Å². The molecule has 0 saturated heterocycles. The van der Waals surface area contributed by atoms with Gasteiger partial charge in [-0.05, 0) is 68.6 Å². The highest BCUT2D eigenvalue weighted by Crippen LogP contribution is 2.50. The number of rotatable bonds is 8. The van der Waals surface area contributed by atoms with Crippen LogP contribution in [-0.2, 0) is 4.79 Å². The zero-order valence-electron chi connectivity index (χ0n) is 16.6. The minimum absolute atomic E-state index is 0.151. The molecule has 0 bridgehead atoms. The van der Waals surface area contributed by atoms with Gasteiger partial charge in [-0.25, -0.2) is 0 Å². The lowest BCUT2D eigenvalue weighted by Gasteiger charge is -2.19. The van der Waals surface area contributed by atoms with Crippen LogP contribution >= 0.6 is 0 Å². The van der Waals surface area contributed by atoms with Crippen LogP contribution < -0.4 is 0 Å². The number of aliphatic carboxylic acids is 1. The molecule has 0 aromatic carbocycles. The summed E-state index contributed by atoms with van der Waals surface area (Å²) < 4.78 is 0. The van der Waals surface area contributed by atoms with Gasteiger partial charge in [0, 0.05) is 12.3 Å². The Balaban J connectivity index is 1.52. The summed E-state index contributed by atoms with van der Waals surface area (Å²) in [4.78, 5) is 10.6. The molecule has 0 aromatic rings. The quantitative estimate of drug-likeness (QED) is 0.435. The van der Waals surface area contributed by atoms with E-state index in [-0.39, 0.29) is 24.5 Å². The summed E-state index contributed by atoms with van der Waals surface area (Å²) in [6.45, 7) is 2.23. The number of aliphatic hydroxyl groups is 2. The number of allylic oxidation sites excluding steroid dienone is 2. The molecule has 3 rings (SSSR count). The van der Waals surface area contributed by atoms with Crippen LogP contribution in [0.3, 0.4) is 0 Å². The molecule has 152 valence electrons. The maximum atomic E-state index is 10.6. The van der Waals surface area contributed by atoms with Gasteiger partial charge in [0.2, 0.25) is 0 Å². The van der Waals surface area contributed by atoms with Crippen LogP contribution in [0.15, 0.2) is 23.8 Å². The number of carboxylic acid groups (broad SMARTS) is 1. The Hall–Kier alpha value is -1.13. The van der Waals surface area contributed by atoms with Crippen LogP contribution in [0.5, 0.6) is 0 Å². The summed E-state index contributed by atoms with van der Waals surface area (Å²) in [7, 11) is 0. The van der Waals surface area contributed by atoms with Crippen LogP contribution in [0.1, 0.15) is 71.1 Å².